The zero-order valence-electron chi connectivity index (χ0n) is 19.4. The molecule has 6 nitrogen and oxygen atoms in total. The fourth-order valence-electron chi connectivity index (χ4n) is 6.47. The summed E-state index contributed by atoms with van der Waals surface area (Å²) in [7, 11) is 0. The summed E-state index contributed by atoms with van der Waals surface area (Å²) in [6.07, 6.45) is 0.892. The lowest BCUT2D eigenvalue weighted by molar-refractivity contribution is -0.183. The minimum atomic E-state index is -0.772. The maximum Gasteiger partial charge on any atom is 0.240 e. The monoisotopic (exact) mass is 430 g/mol. The number of benzene rings is 1. The third-order valence-corrected chi connectivity index (χ3v) is 8.48. The van der Waals surface area contributed by atoms with Gasteiger partial charge in [0.1, 0.15) is 12.1 Å². The van der Waals surface area contributed by atoms with E-state index in [0.29, 0.717) is 29.7 Å². The summed E-state index contributed by atoms with van der Waals surface area (Å²) in [5.74, 6) is 1.12. The Bertz CT molecular complexity index is 810. The second-order valence-electron chi connectivity index (χ2n) is 10.7. The number of carbonyl (C=O) groups is 1. The van der Waals surface area contributed by atoms with Crippen molar-refractivity contribution in [2.75, 3.05) is 6.61 Å². The van der Waals surface area contributed by atoms with Crippen LogP contribution in [0.25, 0.3) is 0 Å². The maximum absolute atomic E-state index is 13.6. The molecule has 0 spiro atoms. The van der Waals surface area contributed by atoms with E-state index >= 15 is 0 Å². The van der Waals surface area contributed by atoms with E-state index in [9.17, 15) is 15.0 Å². The van der Waals surface area contributed by atoms with Crippen molar-refractivity contribution >= 4 is 5.91 Å². The Labute approximate surface area is 185 Å². The van der Waals surface area contributed by atoms with E-state index in [0.717, 1.165) is 17.5 Å². The van der Waals surface area contributed by atoms with Crippen molar-refractivity contribution in [2.24, 2.45) is 29.1 Å². The molecule has 3 N–H and O–H groups in total. The van der Waals surface area contributed by atoms with Crippen LogP contribution in [0.1, 0.15) is 51.7 Å². The van der Waals surface area contributed by atoms with Crippen LogP contribution in [-0.4, -0.2) is 52.1 Å². The Morgan fingerprint density at radius 3 is 2.68 bits per heavy atom. The van der Waals surface area contributed by atoms with Gasteiger partial charge in [0.05, 0.1) is 19.3 Å². The Morgan fingerprint density at radius 1 is 1.35 bits per heavy atom. The molecule has 0 radical (unpaired) electrons. The van der Waals surface area contributed by atoms with Crippen LogP contribution in [0.4, 0.5) is 0 Å². The number of aryl methyl sites for hydroxylation is 1. The molecule has 4 fully saturated rings. The molecule has 1 aromatic rings. The summed E-state index contributed by atoms with van der Waals surface area (Å²) in [5, 5.41) is 25.3. The van der Waals surface area contributed by atoms with Gasteiger partial charge in [-0.15, -0.1) is 0 Å². The molecule has 5 rings (SSSR count). The quantitative estimate of drug-likeness (QED) is 0.646. The topological polar surface area (TPSA) is 82.0 Å². The average Bonchev–Trinajstić information content (AvgIpc) is 3.07. The predicted octanol–water partition coefficient (Wildman–Crippen LogP) is 2.66. The van der Waals surface area contributed by atoms with Crippen molar-refractivity contribution in [2.45, 2.75) is 78.3 Å². The van der Waals surface area contributed by atoms with Crippen LogP contribution >= 0.6 is 0 Å². The molecule has 3 saturated carbocycles. The molecule has 3 aliphatic carbocycles. The number of nitrogens with one attached hydrogen (secondary N) is 1. The lowest BCUT2D eigenvalue weighted by atomic mass is 9.45. The first-order valence-electron chi connectivity index (χ1n) is 11.7. The first kappa shape index (κ1) is 22.7. The van der Waals surface area contributed by atoms with Crippen LogP contribution in [0.15, 0.2) is 24.3 Å². The Balaban J connectivity index is 1.53. The molecule has 1 saturated heterocycles. The Morgan fingerprint density at radius 2 is 2.10 bits per heavy atom. The lowest BCUT2D eigenvalue weighted by Gasteiger charge is -2.62. The largest absolute Gasteiger partial charge is 0.394 e. The Kier molecular flexibility index (Phi) is 6.21. The van der Waals surface area contributed by atoms with Gasteiger partial charge in [-0.05, 0) is 55.4 Å². The highest BCUT2D eigenvalue weighted by molar-refractivity contribution is 5.82. The van der Waals surface area contributed by atoms with Gasteiger partial charge in [-0.2, -0.15) is 5.06 Å². The molecular weight excluding hydrogens is 392 g/mol. The molecule has 6 heteroatoms. The van der Waals surface area contributed by atoms with Crippen molar-refractivity contribution in [1.82, 2.24) is 10.4 Å². The first-order chi connectivity index (χ1) is 14.6. The molecule has 8 atom stereocenters. The molecule has 1 amide bonds. The minimum Gasteiger partial charge on any atom is -0.394 e. The van der Waals surface area contributed by atoms with Gasteiger partial charge in [0, 0.05) is 12.0 Å². The second-order valence-corrected chi connectivity index (χ2v) is 10.7. The molecule has 1 unspecified atom stereocenters. The lowest BCUT2D eigenvalue weighted by Crippen LogP contribution is -2.62. The smallest absolute Gasteiger partial charge is 0.240 e. The van der Waals surface area contributed by atoms with Crippen LogP contribution < -0.4 is 5.32 Å². The summed E-state index contributed by atoms with van der Waals surface area (Å²) < 4.78 is 0. The van der Waals surface area contributed by atoms with Gasteiger partial charge < -0.3 is 15.5 Å². The molecular formula is C25H38N2O4. The number of hydrogen-bond acceptors (Lipinski definition) is 5. The molecule has 1 aliphatic heterocycles. The fraction of sp³-hybridized carbons (Fsp3) is 0.720. The van der Waals surface area contributed by atoms with Gasteiger partial charge in [-0.25, -0.2) is 0 Å². The van der Waals surface area contributed by atoms with Crippen LogP contribution in [-0.2, 0) is 16.2 Å². The number of amides is 1. The van der Waals surface area contributed by atoms with Crippen molar-refractivity contribution < 1.29 is 19.8 Å². The third kappa shape index (κ3) is 4.04. The number of nitrogens with zero attached hydrogens (tertiary/aromatic N) is 1. The van der Waals surface area contributed by atoms with Crippen LogP contribution in [0.5, 0.6) is 0 Å². The second kappa shape index (κ2) is 8.47. The van der Waals surface area contributed by atoms with Gasteiger partial charge in [-0.3, -0.25) is 9.63 Å². The highest BCUT2D eigenvalue weighted by Crippen LogP contribution is 2.61. The van der Waals surface area contributed by atoms with Crippen molar-refractivity contribution in [3.05, 3.63) is 35.4 Å². The SMILES string of the molecule is Cc1cccc(CN2O[C@@H](CO)C([C@H](C)O)[C@H]2C(=O)N[C@H]2C[C@H]3C[C@@H]([C@@H]2C)C3(C)C)c1. The highest BCUT2D eigenvalue weighted by atomic mass is 16.7. The summed E-state index contributed by atoms with van der Waals surface area (Å²) in [6.45, 7) is 10.9. The summed E-state index contributed by atoms with van der Waals surface area (Å²) in [6, 6.07) is 7.60. The number of aliphatic hydroxyl groups is 2. The maximum atomic E-state index is 13.6. The van der Waals surface area contributed by atoms with E-state index in [1.165, 1.54) is 6.42 Å². The first-order valence-corrected chi connectivity index (χ1v) is 11.7. The summed E-state index contributed by atoms with van der Waals surface area (Å²) in [4.78, 5) is 19.6. The van der Waals surface area contributed by atoms with Crippen molar-refractivity contribution in [3.8, 4) is 0 Å². The molecule has 4 aliphatic rings. The number of fused-ring (bicyclic) bond motifs is 2. The number of carbonyl (C=O) groups excluding carboxylic acids is 1. The number of rotatable bonds is 6. The van der Waals surface area contributed by atoms with E-state index in [-0.39, 0.29) is 18.6 Å². The zero-order chi connectivity index (χ0) is 22.5. The van der Waals surface area contributed by atoms with Crippen LogP contribution in [0.3, 0.4) is 0 Å². The standard InChI is InChI=1S/C25H38N2O4/c1-14-7-6-8-17(9-14)12-27-23(22(16(3)29)21(13-28)31-27)24(30)26-20-11-18-10-19(15(20)2)25(18,4)5/h6-9,15-16,18-23,28-29H,10-13H2,1-5H3,(H,26,30)/t15-,16-,18+,19-,20-,21-,22?,23-/m0/s1. The number of hydrogen-bond donors (Lipinski definition) is 3. The van der Waals surface area contributed by atoms with Gasteiger partial charge in [0.25, 0.3) is 0 Å². The molecule has 1 aromatic carbocycles. The van der Waals surface area contributed by atoms with E-state index in [1.54, 1.807) is 12.0 Å². The van der Waals surface area contributed by atoms with E-state index in [2.05, 4.69) is 32.2 Å². The zero-order valence-corrected chi connectivity index (χ0v) is 19.4. The molecule has 31 heavy (non-hydrogen) atoms. The molecule has 172 valence electrons. The molecule has 1 heterocycles. The van der Waals surface area contributed by atoms with E-state index in [1.807, 2.05) is 25.1 Å². The third-order valence-electron chi connectivity index (χ3n) is 8.48. The predicted molar refractivity (Wildman–Crippen MR) is 119 cm³/mol. The number of aliphatic hydroxyl groups excluding tert-OH is 2. The van der Waals surface area contributed by atoms with E-state index < -0.39 is 24.2 Å². The van der Waals surface area contributed by atoms with Crippen LogP contribution in [0, 0.1) is 36.0 Å². The van der Waals surface area contributed by atoms with Gasteiger partial charge in [0.15, 0.2) is 0 Å². The highest BCUT2D eigenvalue weighted by Gasteiger charge is 2.57. The molecule has 2 bridgehead atoms. The molecule has 0 aromatic heterocycles. The minimum absolute atomic E-state index is 0.106. The van der Waals surface area contributed by atoms with Gasteiger partial charge in [0.2, 0.25) is 5.91 Å². The van der Waals surface area contributed by atoms with Gasteiger partial charge in [-0.1, -0.05) is 50.6 Å². The van der Waals surface area contributed by atoms with E-state index in [4.69, 9.17) is 4.84 Å². The fourth-order valence-corrected chi connectivity index (χ4v) is 6.47. The van der Waals surface area contributed by atoms with Crippen molar-refractivity contribution in [1.29, 1.82) is 0 Å². The van der Waals surface area contributed by atoms with Crippen LogP contribution in [0.2, 0.25) is 0 Å². The van der Waals surface area contributed by atoms with Gasteiger partial charge >= 0.3 is 0 Å². The normalized spacial score (nSPS) is 37.8. The summed E-state index contributed by atoms with van der Waals surface area (Å²) >= 11 is 0. The van der Waals surface area contributed by atoms with Crippen molar-refractivity contribution in [3.63, 3.8) is 0 Å². The number of hydroxylamine groups is 2. The summed E-state index contributed by atoms with van der Waals surface area (Å²) in [5.41, 5.74) is 2.54. The Hall–Kier alpha value is -1.47. The average molecular weight is 431 g/mol.